The van der Waals surface area contributed by atoms with Crippen LogP contribution in [0.25, 0.3) is 10.9 Å². The number of ketones is 1. The predicted molar refractivity (Wildman–Crippen MR) is 128 cm³/mol. The van der Waals surface area contributed by atoms with Gasteiger partial charge in [0, 0.05) is 32.7 Å². The summed E-state index contributed by atoms with van der Waals surface area (Å²) in [6.45, 7) is 3.02. The van der Waals surface area contributed by atoms with Crippen molar-refractivity contribution in [3.8, 4) is 0 Å². The zero-order valence-electron chi connectivity index (χ0n) is 17.1. The Morgan fingerprint density at radius 2 is 1.94 bits per heavy atom. The minimum atomic E-state index is -0.458. The van der Waals surface area contributed by atoms with Gasteiger partial charge < -0.3 is 9.64 Å². The third-order valence-electron chi connectivity index (χ3n) is 5.63. The maximum atomic E-state index is 12.7. The first kappa shape index (κ1) is 21.8. The Labute approximate surface area is 194 Å². The second kappa shape index (κ2) is 10.2. The molecule has 8 heteroatoms. The normalized spacial score (nSPS) is 15.1. The number of likely N-dealkylation sites (tertiary alicyclic amines) is 1. The number of hydrogen-bond donors (Lipinski definition) is 2. The van der Waals surface area contributed by atoms with Gasteiger partial charge in [0.1, 0.15) is 0 Å². The fraction of sp³-hybridized carbons (Fsp3) is 0.348. The van der Waals surface area contributed by atoms with E-state index >= 15 is 0 Å². The van der Waals surface area contributed by atoms with Crippen molar-refractivity contribution in [3.05, 3.63) is 57.8 Å². The fourth-order valence-electron chi connectivity index (χ4n) is 3.89. The lowest BCUT2D eigenvalue weighted by atomic mass is 9.89. The molecule has 1 amide bonds. The molecule has 0 aliphatic carbocycles. The number of aromatic amines is 1. The summed E-state index contributed by atoms with van der Waals surface area (Å²) in [7, 11) is 0. The minimum absolute atomic E-state index is 0.102. The maximum absolute atomic E-state index is 12.7. The molecule has 0 bridgehead atoms. The monoisotopic (exact) mass is 532 g/mol. The van der Waals surface area contributed by atoms with E-state index in [4.69, 9.17) is 4.74 Å². The van der Waals surface area contributed by atoms with Gasteiger partial charge >= 0.3 is 6.09 Å². The Kier molecular flexibility index (Phi) is 7.18. The number of rotatable bonds is 7. The lowest BCUT2D eigenvalue weighted by Gasteiger charge is -2.31. The Hall–Kier alpha value is -2.46. The summed E-state index contributed by atoms with van der Waals surface area (Å²) < 4.78 is 6.44. The summed E-state index contributed by atoms with van der Waals surface area (Å²) in [5.74, 6) is 0.356. The van der Waals surface area contributed by atoms with E-state index < -0.39 is 6.09 Å². The van der Waals surface area contributed by atoms with E-state index in [2.05, 4.69) is 43.0 Å². The number of aromatic nitrogens is 2. The average Bonchev–Trinajstić information content (AvgIpc) is 3.25. The molecule has 31 heavy (non-hydrogen) atoms. The second-order valence-electron chi connectivity index (χ2n) is 7.77. The van der Waals surface area contributed by atoms with Gasteiger partial charge in [-0.25, -0.2) is 4.79 Å². The third-order valence-corrected chi connectivity index (χ3v) is 6.35. The number of nitrogens with one attached hydrogen (secondary N) is 2. The molecule has 2 N–H and O–H groups in total. The number of halogens is 1. The summed E-state index contributed by atoms with van der Waals surface area (Å²) in [4.78, 5) is 27.0. The van der Waals surface area contributed by atoms with Crippen LogP contribution in [-0.4, -0.2) is 53.2 Å². The van der Waals surface area contributed by atoms with E-state index in [0.717, 1.165) is 58.9 Å². The molecule has 1 aliphatic rings. The Morgan fingerprint density at radius 3 is 2.71 bits per heavy atom. The molecule has 7 nitrogen and oxygen atoms in total. The molecule has 2 aromatic carbocycles. The van der Waals surface area contributed by atoms with Crippen molar-refractivity contribution in [1.29, 1.82) is 0 Å². The molecule has 0 unspecified atom stereocenters. The van der Waals surface area contributed by atoms with Gasteiger partial charge in [-0.2, -0.15) is 5.10 Å². The summed E-state index contributed by atoms with van der Waals surface area (Å²) >= 11 is 2.25. The molecule has 0 atom stereocenters. The van der Waals surface area contributed by atoms with Crippen LogP contribution in [0.2, 0.25) is 0 Å². The highest BCUT2D eigenvalue weighted by Gasteiger charge is 2.25. The standard InChI is InChI=1S/C23H25IN4O3/c24-19-5-2-16(3-6-19)22(29)17-8-11-28(12-9-17)10-1-13-31-23(30)26-20-7-4-18-15-25-27-21(18)14-20/h2-7,14-15,17H,1,8-13H2,(H,25,27)(H,26,30). The predicted octanol–water partition coefficient (Wildman–Crippen LogP) is 4.70. The van der Waals surface area contributed by atoms with Crippen LogP contribution in [0.4, 0.5) is 10.5 Å². The molecule has 2 heterocycles. The van der Waals surface area contributed by atoms with Crippen LogP contribution in [0, 0.1) is 9.49 Å². The number of anilines is 1. The molecule has 1 aromatic heterocycles. The van der Waals surface area contributed by atoms with Crippen molar-refractivity contribution in [2.24, 2.45) is 5.92 Å². The molecule has 1 fully saturated rings. The highest BCUT2D eigenvalue weighted by atomic mass is 127. The molecule has 0 saturated carbocycles. The molecule has 4 rings (SSSR count). The minimum Gasteiger partial charge on any atom is -0.449 e. The first-order chi connectivity index (χ1) is 15.1. The van der Waals surface area contributed by atoms with E-state index in [-0.39, 0.29) is 11.7 Å². The van der Waals surface area contributed by atoms with Gasteiger partial charge in [0.15, 0.2) is 5.78 Å². The number of piperidine rings is 1. The number of carbonyl (C=O) groups is 2. The van der Waals surface area contributed by atoms with Gasteiger partial charge in [-0.15, -0.1) is 0 Å². The van der Waals surface area contributed by atoms with Crippen LogP contribution in [0.1, 0.15) is 29.6 Å². The molecule has 1 saturated heterocycles. The SMILES string of the molecule is O=C(Nc1ccc2cn[nH]c2c1)OCCCN1CCC(C(=O)c2ccc(I)cc2)CC1. The van der Waals surface area contributed by atoms with Crippen molar-refractivity contribution < 1.29 is 14.3 Å². The first-order valence-corrected chi connectivity index (χ1v) is 11.6. The smallest absolute Gasteiger partial charge is 0.411 e. The largest absolute Gasteiger partial charge is 0.449 e. The molecule has 162 valence electrons. The summed E-state index contributed by atoms with van der Waals surface area (Å²) in [5.41, 5.74) is 2.34. The van der Waals surface area contributed by atoms with Gasteiger partial charge in [0.25, 0.3) is 0 Å². The highest BCUT2D eigenvalue weighted by Crippen LogP contribution is 2.22. The van der Waals surface area contributed by atoms with Crippen molar-refractivity contribution in [2.45, 2.75) is 19.3 Å². The summed E-state index contributed by atoms with van der Waals surface area (Å²) in [6.07, 6.45) is 3.80. The number of amides is 1. The number of nitrogens with zero attached hydrogens (tertiary/aromatic N) is 2. The second-order valence-corrected chi connectivity index (χ2v) is 9.02. The van der Waals surface area contributed by atoms with E-state index in [1.165, 1.54) is 0 Å². The number of Topliss-reactive ketones (excluding diaryl/α,β-unsaturated/α-hetero) is 1. The van der Waals surface area contributed by atoms with Crippen LogP contribution in [0.5, 0.6) is 0 Å². The van der Waals surface area contributed by atoms with E-state index in [9.17, 15) is 9.59 Å². The van der Waals surface area contributed by atoms with E-state index in [1.54, 1.807) is 6.20 Å². The van der Waals surface area contributed by atoms with Gasteiger partial charge in [0.2, 0.25) is 0 Å². The van der Waals surface area contributed by atoms with Gasteiger partial charge in [-0.1, -0.05) is 12.1 Å². The van der Waals surface area contributed by atoms with Crippen molar-refractivity contribution in [1.82, 2.24) is 15.1 Å². The lowest BCUT2D eigenvalue weighted by Crippen LogP contribution is -2.37. The quantitative estimate of drug-likeness (QED) is 0.262. The molecular weight excluding hydrogens is 507 g/mol. The topological polar surface area (TPSA) is 87.3 Å². The van der Waals surface area contributed by atoms with Crippen LogP contribution in [0.3, 0.4) is 0 Å². The van der Waals surface area contributed by atoms with Crippen molar-refractivity contribution in [2.75, 3.05) is 31.6 Å². The van der Waals surface area contributed by atoms with E-state index in [0.29, 0.717) is 12.3 Å². The highest BCUT2D eigenvalue weighted by molar-refractivity contribution is 14.1. The maximum Gasteiger partial charge on any atom is 0.411 e. The molecule has 1 aliphatic heterocycles. The summed E-state index contributed by atoms with van der Waals surface area (Å²) in [5, 5.41) is 10.6. The number of hydrogen-bond acceptors (Lipinski definition) is 5. The Morgan fingerprint density at radius 1 is 1.16 bits per heavy atom. The molecule has 3 aromatic rings. The fourth-order valence-corrected chi connectivity index (χ4v) is 4.25. The zero-order valence-corrected chi connectivity index (χ0v) is 19.3. The van der Waals surface area contributed by atoms with Crippen molar-refractivity contribution in [3.63, 3.8) is 0 Å². The first-order valence-electron chi connectivity index (χ1n) is 10.5. The van der Waals surface area contributed by atoms with Gasteiger partial charge in [-0.3, -0.25) is 15.2 Å². The number of ether oxygens (including phenoxy) is 1. The summed E-state index contributed by atoms with van der Waals surface area (Å²) in [6, 6.07) is 13.3. The van der Waals surface area contributed by atoms with Crippen LogP contribution in [-0.2, 0) is 4.74 Å². The molecule has 0 spiro atoms. The van der Waals surface area contributed by atoms with Gasteiger partial charge in [-0.05, 0) is 85.3 Å². The number of carbonyl (C=O) groups excluding carboxylic acids is 2. The number of benzene rings is 2. The number of fused-ring (bicyclic) bond motifs is 1. The zero-order chi connectivity index (χ0) is 21.6. The van der Waals surface area contributed by atoms with Crippen LogP contribution < -0.4 is 5.32 Å². The lowest BCUT2D eigenvalue weighted by molar-refractivity contribution is 0.0830. The molecule has 0 radical (unpaired) electrons. The average molecular weight is 532 g/mol. The van der Waals surface area contributed by atoms with Crippen LogP contribution >= 0.6 is 22.6 Å². The van der Waals surface area contributed by atoms with Gasteiger partial charge in [0.05, 0.1) is 18.3 Å². The third kappa shape index (κ3) is 5.82. The Balaban J connectivity index is 1.13. The number of H-pyrrole nitrogens is 1. The van der Waals surface area contributed by atoms with E-state index in [1.807, 2.05) is 42.5 Å². The van der Waals surface area contributed by atoms with Crippen molar-refractivity contribution >= 4 is 51.1 Å². The molecular formula is C23H25IN4O3. The Bertz CT molecular complexity index is 1040. The van der Waals surface area contributed by atoms with Crippen LogP contribution in [0.15, 0.2) is 48.7 Å².